The smallest absolute Gasteiger partial charge is 0.193 e. The predicted molar refractivity (Wildman–Crippen MR) is 114 cm³/mol. The van der Waals surface area contributed by atoms with E-state index in [-0.39, 0.29) is 5.54 Å². The van der Waals surface area contributed by atoms with Crippen LogP contribution in [-0.2, 0) is 4.74 Å². The SMILES string of the molecule is CCNC(=NCC1(N(C)C)CCOCC1)N(C)CCOc1ccc(OC)cc1. The number of ether oxygens (including phenoxy) is 3. The molecule has 7 heteroatoms. The zero-order valence-corrected chi connectivity index (χ0v) is 18.0. The minimum Gasteiger partial charge on any atom is -0.497 e. The van der Waals surface area contributed by atoms with E-state index >= 15 is 0 Å². The molecule has 0 amide bonds. The van der Waals surface area contributed by atoms with Crippen molar-refractivity contribution in [3.8, 4) is 11.5 Å². The van der Waals surface area contributed by atoms with Gasteiger partial charge in [0.1, 0.15) is 18.1 Å². The van der Waals surface area contributed by atoms with Gasteiger partial charge in [-0.15, -0.1) is 0 Å². The van der Waals surface area contributed by atoms with Crippen molar-refractivity contribution < 1.29 is 14.2 Å². The number of nitrogens with one attached hydrogen (secondary N) is 1. The molecule has 1 aromatic rings. The van der Waals surface area contributed by atoms with Gasteiger partial charge in [0.25, 0.3) is 0 Å². The van der Waals surface area contributed by atoms with Gasteiger partial charge in [0.15, 0.2) is 5.96 Å². The van der Waals surface area contributed by atoms with Crippen LogP contribution < -0.4 is 14.8 Å². The second-order valence-corrected chi connectivity index (χ2v) is 7.35. The maximum Gasteiger partial charge on any atom is 0.193 e. The maximum atomic E-state index is 5.85. The van der Waals surface area contributed by atoms with Crippen molar-refractivity contribution in [2.45, 2.75) is 25.3 Å². The van der Waals surface area contributed by atoms with Crippen molar-refractivity contribution in [1.82, 2.24) is 15.1 Å². The molecule has 0 atom stereocenters. The number of hydrogen-bond donors (Lipinski definition) is 1. The van der Waals surface area contributed by atoms with Crippen LogP contribution in [0.4, 0.5) is 0 Å². The van der Waals surface area contributed by atoms with Crippen molar-refractivity contribution >= 4 is 5.96 Å². The van der Waals surface area contributed by atoms with Gasteiger partial charge in [0, 0.05) is 32.3 Å². The molecular formula is C21H36N4O3. The quantitative estimate of drug-likeness (QED) is 0.513. The highest BCUT2D eigenvalue weighted by Crippen LogP contribution is 2.26. The first-order chi connectivity index (χ1) is 13.5. The number of rotatable bonds is 9. The molecule has 1 fully saturated rings. The van der Waals surface area contributed by atoms with Gasteiger partial charge in [-0.05, 0) is 58.1 Å². The molecule has 0 saturated carbocycles. The molecule has 7 nitrogen and oxygen atoms in total. The Labute approximate surface area is 169 Å². The van der Waals surface area contributed by atoms with Gasteiger partial charge in [-0.25, -0.2) is 0 Å². The van der Waals surface area contributed by atoms with E-state index in [9.17, 15) is 0 Å². The molecule has 0 spiro atoms. The number of guanidine groups is 1. The van der Waals surface area contributed by atoms with Gasteiger partial charge >= 0.3 is 0 Å². The Hall–Kier alpha value is -1.99. The van der Waals surface area contributed by atoms with E-state index in [2.05, 4.69) is 36.1 Å². The van der Waals surface area contributed by atoms with Crippen LogP contribution in [-0.4, -0.2) is 89.0 Å². The Morgan fingerprint density at radius 1 is 1.14 bits per heavy atom. The molecule has 158 valence electrons. The lowest BCUT2D eigenvalue weighted by Crippen LogP contribution is -2.52. The Kier molecular flexibility index (Phi) is 8.86. The molecule has 1 aliphatic rings. The summed E-state index contributed by atoms with van der Waals surface area (Å²) < 4.78 is 16.6. The van der Waals surface area contributed by atoms with E-state index in [1.54, 1.807) is 7.11 Å². The van der Waals surface area contributed by atoms with Crippen molar-refractivity contribution in [3.63, 3.8) is 0 Å². The lowest BCUT2D eigenvalue weighted by molar-refractivity contribution is -0.00263. The first kappa shape index (κ1) is 22.3. The minimum absolute atomic E-state index is 0.0688. The molecule has 0 radical (unpaired) electrons. The standard InChI is InChI=1S/C21H36N4O3/c1-6-22-20(23-17-21(24(2)3)11-14-27-15-12-21)25(4)13-16-28-19-9-7-18(26-5)8-10-19/h7-10H,6,11-17H2,1-5H3,(H,22,23). The molecule has 0 unspecified atom stereocenters. The molecule has 0 aliphatic carbocycles. The van der Waals surface area contributed by atoms with Gasteiger partial charge in [-0.1, -0.05) is 0 Å². The van der Waals surface area contributed by atoms with Crippen LogP contribution >= 0.6 is 0 Å². The molecule has 1 N–H and O–H groups in total. The fourth-order valence-corrected chi connectivity index (χ4v) is 3.27. The second-order valence-electron chi connectivity index (χ2n) is 7.35. The van der Waals surface area contributed by atoms with E-state index in [1.165, 1.54) is 0 Å². The van der Waals surface area contributed by atoms with Crippen LogP contribution in [0.1, 0.15) is 19.8 Å². The maximum absolute atomic E-state index is 5.85. The Morgan fingerprint density at radius 3 is 2.36 bits per heavy atom. The summed E-state index contributed by atoms with van der Waals surface area (Å²) in [5.41, 5.74) is 0.0688. The lowest BCUT2D eigenvalue weighted by Gasteiger charge is -2.42. The highest BCUT2D eigenvalue weighted by Gasteiger charge is 2.34. The van der Waals surface area contributed by atoms with Crippen LogP contribution in [0.25, 0.3) is 0 Å². The summed E-state index contributed by atoms with van der Waals surface area (Å²) in [5, 5.41) is 3.40. The van der Waals surface area contributed by atoms with Crippen molar-refractivity contribution in [1.29, 1.82) is 0 Å². The number of likely N-dealkylation sites (N-methyl/N-ethyl adjacent to an activating group) is 2. The summed E-state index contributed by atoms with van der Waals surface area (Å²) in [6.45, 7) is 6.62. The van der Waals surface area contributed by atoms with Gasteiger partial charge in [0.2, 0.25) is 0 Å². The molecule has 1 aromatic carbocycles. The molecule has 1 heterocycles. The second kappa shape index (κ2) is 11.1. The average Bonchev–Trinajstić information content (AvgIpc) is 2.72. The topological polar surface area (TPSA) is 58.6 Å². The van der Waals surface area contributed by atoms with E-state index in [4.69, 9.17) is 19.2 Å². The average molecular weight is 393 g/mol. The van der Waals surface area contributed by atoms with E-state index < -0.39 is 0 Å². The van der Waals surface area contributed by atoms with E-state index in [0.29, 0.717) is 6.61 Å². The monoisotopic (exact) mass is 392 g/mol. The zero-order valence-electron chi connectivity index (χ0n) is 18.0. The molecule has 0 bridgehead atoms. The van der Waals surface area contributed by atoms with Crippen molar-refractivity contribution in [2.75, 3.05) is 67.7 Å². The van der Waals surface area contributed by atoms with Gasteiger partial charge in [-0.3, -0.25) is 4.99 Å². The normalized spacial score (nSPS) is 16.7. The molecule has 2 rings (SSSR count). The molecular weight excluding hydrogens is 356 g/mol. The number of nitrogens with zero attached hydrogens (tertiary/aromatic N) is 3. The largest absolute Gasteiger partial charge is 0.497 e. The highest BCUT2D eigenvalue weighted by molar-refractivity contribution is 5.79. The van der Waals surface area contributed by atoms with E-state index in [1.807, 2.05) is 31.3 Å². The van der Waals surface area contributed by atoms with E-state index in [0.717, 1.165) is 63.1 Å². The molecule has 28 heavy (non-hydrogen) atoms. The highest BCUT2D eigenvalue weighted by atomic mass is 16.5. The lowest BCUT2D eigenvalue weighted by atomic mass is 9.89. The summed E-state index contributed by atoms with van der Waals surface area (Å²) in [7, 11) is 7.98. The third-order valence-electron chi connectivity index (χ3n) is 5.35. The molecule has 0 aromatic heterocycles. The van der Waals surface area contributed by atoms with Gasteiger partial charge in [0.05, 0.1) is 20.2 Å². The third-order valence-corrected chi connectivity index (χ3v) is 5.35. The molecule has 1 aliphatic heterocycles. The Balaban J connectivity index is 1.92. The number of benzene rings is 1. The summed E-state index contributed by atoms with van der Waals surface area (Å²) in [6.07, 6.45) is 2.01. The van der Waals surface area contributed by atoms with Crippen molar-refractivity contribution in [2.24, 2.45) is 4.99 Å². The Morgan fingerprint density at radius 2 is 1.79 bits per heavy atom. The van der Waals surface area contributed by atoms with Gasteiger partial charge in [-0.2, -0.15) is 0 Å². The molecule has 1 saturated heterocycles. The first-order valence-electron chi connectivity index (χ1n) is 10.0. The number of aliphatic imine (C=N–C) groups is 1. The third kappa shape index (κ3) is 6.27. The van der Waals surface area contributed by atoms with Crippen LogP contribution in [0, 0.1) is 0 Å². The van der Waals surface area contributed by atoms with Crippen LogP contribution in [0.2, 0.25) is 0 Å². The van der Waals surface area contributed by atoms with Crippen LogP contribution in [0.3, 0.4) is 0 Å². The first-order valence-corrected chi connectivity index (χ1v) is 10.0. The minimum atomic E-state index is 0.0688. The summed E-state index contributed by atoms with van der Waals surface area (Å²) >= 11 is 0. The Bertz CT molecular complexity index is 598. The summed E-state index contributed by atoms with van der Waals surface area (Å²) in [4.78, 5) is 9.36. The fraction of sp³-hybridized carbons (Fsp3) is 0.667. The van der Waals surface area contributed by atoms with Crippen LogP contribution in [0.5, 0.6) is 11.5 Å². The summed E-state index contributed by atoms with van der Waals surface area (Å²) in [5.74, 6) is 2.58. The zero-order chi connectivity index (χ0) is 20.4. The number of methoxy groups -OCH3 is 1. The van der Waals surface area contributed by atoms with Gasteiger partial charge < -0.3 is 29.3 Å². The fourth-order valence-electron chi connectivity index (χ4n) is 3.27. The van der Waals surface area contributed by atoms with Crippen molar-refractivity contribution in [3.05, 3.63) is 24.3 Å². The predicted octanol–water partition coefficient (Wildman–Crippen LogP) is 2.08. The number of hydrogen-bond acceptors (Lipinski definition) is 5. The van der Waals surface area contributed by atoms with Crippen LogP contribution in [0.15, 0.2) is 29.3 Å². The summed E-state index contributed by atoms with van der Waals surface area (Å²) in [6, 6.07) is 7.65.